The van der Waals surface area contributed by atoms with E-state index < -0.39 is 5.97 Å². The SMILES string of the molecule is COc1cc2c(cc1OC)CN(C(=O)c1ccc(-c3nc4cc(C(=O)O)ccc4n3C3CCCC3)cc1)CC2. The quantitative estimate of drug-likeness (QED) is 0.345. The van der Waals surface area contributed by atoms with Crippen molar-refractivity contribution in [3.8, 4) is 22.9 Å². The minimum atomic E-state index is -0.963. The number of hydrogen-bond acceptors (Lipinski definition) is 5. The van der Waals surface area contributed by atoms with Crippen LogP contribution >= 0.6 is 0 Å². The number of hydrogen-bond donors (Lipinski definition) is 1. The molecule has 3 aromatic carbocycles. The minimum absolute atomic E-state index is 0.0163. The highest BCUT2D eigenvalue weighted by Gasteiger charge is 2.26. The third-order valence-electron chi connectivity index (χ3n) is 8.02. The van der Waals surface area contributed by atoms with E-state index in [1.807, 2.05) is 47.4 Å². The molecular formula is C31H31N3O5. The molecule has 6 rings (SSSR count). The van der Waals surface area contributed by atoms with Gasteiger partial charge in [-0.1, -0.05) is 25.0 Å². The third-order valence-corrected chi connectivity index (χ3v) is 8.02. The lowest BCUT2D eigenvalue weighted by Gasteiger charge is -2.29. The highest BCUT2D eigenvalue weighted by molar-refractivity contribution is 5.95. The summed E-state index contributed by atoms with van der Waals surface area (Å²) in [6.45, 7) is 1.14. The number of carbonyl (C=O) groups is 2. The summed E-state index contributed by atoms with van der Waals surface area (Å²) in [6.07, 6.45) is 5.24. The minimum Gasteiger partial charge on any atom is -0.493 e. The van der Waals surface area contributed by atoms with Crippen molar-refractivity contribution in [2.75, 3.05) is 20.8 Å². The molecule has 1 amide bonds. The highest BCUT2D eigenvalue weighted by atomic mass is 16.5. The number of amides is 1. The number of ether oxygens (including phenoxy) is 2. The van der Waals surface area contributed by atoms with Gasteiger partial charge in [-0.2, -0.15) is 0 Å². The zero-order chi connectivity index (χ0) is 27.1. The molecule has 2 aliphatic rings. The van der Waals surface area contributed by atoms with Gasteiger partial charge in [-0.05, 0) is 72.9 Å². The molecule has 0 radical (unpaired) electrons. The maximum Gasteiger partial charge on any atom is 0.335 e. The summed E-state index contributed by atoms with van der Waals surface area (Å²) < 4.78 is 13.1. The second kappa shape index (κ2) is 10.1. The Balaban J connectivity index is 1.29. The van der Waals surface area contributed by atoms with Gasteiger partial charge in [0.2, 0.25) is 0 Å². The number of rotatable bonds is 6. The molecule has 39 heavy (non-hydrogen) atoms. The van der Waals surface area contributed by atoms with Crippen LogP contribution in [0.5, 0.6) is 11.5 Å². The van der Waals surface area contributed by atoms with Crippen molar-refractivity contribution in [1.29, 1.82) is 0 Å². The molecule has 0 atom stereocenters. The summed E-state index contributed by atoms with van der Waals surface area (Å²) in [5.41, 5.74) is 5.62. The van der Waals surface area contributed by atoms with E-state index in [1.54, 1.807) is 26.4 Å². The lowest BCUT2D eigenvalue weighted by atomic mass is 9.98. The summed E-state index contributed by atoms with van der Waals surface area (Å²) in [6, 6.07) is 17.1. The molecule has 0 unspecified atom stereocenters. The Morgan fingerprint density at radius 1 is 0.897 bits per heavy atom. The van der Waals surface area contributed by atoms with Gasteiger partial charge >= 0.3 is 5.97 Å². The average molecular weight is 526 g/mol. The van der Waals surface area contributed by atoms with Gasteiger partial charge in [0, 0.05) is 30.3 Å². The zero-order valence-electron chi connectivity index (χ0n) is 22.1. The zero-order valence-corrected chi connectivity index (χ0v) is 22.1. The van der Waals surface area contributed by atoms with Crippen LogP contribution in [0.4, 0.5) is 0 Å². The molecule has 4 aromatic rings. The molecule has 0 bridgehead atoms. The van der Waals surface area contributed by atoms with Crippen LogP contribution < -0.4 is 9.47 Å². The first-order valence-corrected chi connectivity index (χ1v) is 13.4. The molecule has 0 spiro atoms. The average Bonchev–Trinajstić information content (AvgIpc) is 3.63. The van der Waals surface area contributed by atoms with Crippen molar-refractivity contribution < 1.29 is 24.2 Å². The molecule has 0 saturated heterocycles. The molecule has 8 heteroatoms. The third kappa shape index (κ3) is 4.50. The lowest BCUT2D eigenvalue weighted by molar-refractivity contribution is 0.0695. The Bertz CT molecular complexity index is 1570. The van der Waals surface area contributed by atoms with Crippen molar-refractivity contribution in [1.82, 2.24) is 14.5 Å². The number of methoxy groups -OCH3 is 2. The van der Waals surface area contributed by atoms with Crippen molar-refractivity contribution in [3.63, 3.8) is 0 Å². The Labute approximate surface area is 226 Å². The number of benzene rings is 3. The Morgan fingerprint density at radius 3 is 2.23 bits per heavy atom. The van der Waals surface area contributed by atoms with Gasteiger partial charge in [0.1, 0.15) is 5.82 Å². The van der Waals surface area contributed by atoms with E-state index in [4.69, 9.17) is 14.5 Å². The predicted octanol–water partition coefficient (Wildman–Crippen LogP) is 5.73. The highest BCUT2D eigenvalue weighted by Crippen LogP contribution is 2.38. The molecule has 1 fully saturated rings. The second-order valence-electron chi connectivity index (χ2n) is 10.3. The molecule has 1 N–H and O–H groups in total. The summed E-state index contributed by atoms with van der Waals surface area (Å²) in [5.74, 6) is 1.20. The summed E-state index contributed by atoms with van der Waals surface area (Å²) in [5, 5.41) is 9.46. The number of nitrogens with zero attached hydrogens (tertiary/aromatic N) is 3. The van der Waals surface area contributed by atoms with Gasteiger partial charge in [0.05, 0.1) is 30.8 Å². The molecule has 200 valence electrons. The molecular weight excluding hydrogens is 494 g/mol. The maximum atomic E-state index is 13.4. The van der Waals surface area contributed by atoms with E-state index in [1.165, 1.54) is 18.4 Å². The standard InChI is InChI=1S/C31H31N3O5/c1-38-27-16-21-13-14-33(18-23(21)17-28(27)39-2)30(35)20-9-7-19(8-10-20)29-32-25-15-22(31(36)37)11-12-26(25)34(29)24-5-3-4-6-24/h7-12,15-17,24H,3-6,13-14,18H2,1-2H3,(H,36,37). The number of carbonyl (C=O) groups excluding carboxylic acids is 1. The summed E-state index contributed by atoms with van der Waals surface area (Å²) in [7, 11) is 3.24. The van der Waals surface area contributed by atoms with Crippen molar-refractivity contribution >= 4 is 22.9 Å². The predicted molar refractivity (Wildman–Crippen MR) is 148 cm³/mol. The first kappa shape index (κ1) is 25.0. The van der Waals surface area contributed by atoms with E-state index in [-0.39, 0.29) is 11.5 Å². The number of carboxylic acid groups (broad SMARTS) is 1. The van der Waals surface area contributed by atoms with Crippen LogP contribution in [0.3, 0.4) is 0 Å². The summed E-state index contributed by atoms with van der Waals surface area (Å²) in [4.78, 5) is 31.7. The normalized spacial score (nSPS) is 15.4. The van der Waals surface area contributed by atoms with Gasteiger partial charge < -0.3 is 24.0 Å². The fraction of sp³-hybridized carbons (Fsp3) is 0.323. The number of aromatic carboxylic acids is 1. The van der Waals surface area contributed by atoms with Gasteiger partial charge in [0.15, 0.2) is 11.5 Å². The number of aromatic nitrogens is 2. The fourth-order valence-corrected chi connectivity index (χ4v) is 5.97. The van der Waals surface area contributed by atoms with Crippen LogP contribution in [-0.2, 0) is 13.0 Å². The van der Waals surface area contributed by atoms with Crippen molar-refractivity contribution in [2.45, 2.75) is 44.7 Å². The van der Waals surface area contributed by atoms with Crippen LogP contribution in [0, 0.1) is 0 Å². The summed E-state index contributed by atoms with van der Waals surface area (Å²) >= 11 is 0. The Kier molecular flexibility index (Phi) is 6.46. The van der Waals surface area contributed by atoms with E-state index in [0.717, 1.165) is 41.7 Å². The number of carboxylic acids is 1. The Morgan fingerprint density at radius 2 is 1.56 bits per heavy atom. The van der Waals surface area contributed by atoms with Gasteiger partial charge in [0.25, 0.3) is 5.91 Å². The molecule has 1 aliphatic heterocycles. The van der Waals surface area contributed by atoms with Crippen LogP contribution in [0.15, 0.2) is 54.6 Å². The van der Waals surface area contributed by atoms with Crippen LogP contribution in [0.1, 0.15) is 63.6 Å². The van der Waals surface area contributed by atoms with Gasteiger partial charge in [-0.25, -0.2) is 9.78 Å². The largest absolute Gasteiger partial charge is 0.493 e. The van der Waals surface area contributed by atoms with Gasteiger partial charge in [-0.15, -0.1) is 0 Å². The van der Waals surface area contributed by atoms with Crippen LogP contribution in [-0.4, -0.2) is 52.2 Å². The van der Waals surface area contributed by atoms with Crippen LogP contribution in [0.2, 0.25) is 0 Å². The molecule has 1 aromatic heterocycles. The van der Waals surface area contributed by atoms with E-state index in [2.05, 4.69) is 4.57 Å². The van der Waals surface area contributed by atoms with Gasteiger partial charge in [-0.3, -0.25) is 4.79 Å². The molecule has 1 aliphatic carbocycles. The topological polar surface area (TPSA) is 93.9 Å². The first-order valence-electron chi connectivity index (χ1n) is 13.4. The molecule has 1 saturated carbocycles. The smallest absolute Gasteiger partial charge is 0.335 e. The lowest BCUT2D eigenvalue weighted by Crippen LogP contribution is -2.36. The number of fused-ring (bicyclic) bond motifs is 2. The van der Waals surface area contributed by atoms with Crippen molar-refractivity contribution in [3.05, 3.63) is 76.9 Å². The van der Waals surface area contributed by atoms with Crippen LogP contribution in [0.25, 0.3) is 22.4 Å². The maximum absolute atomic E-state index is 13.4. The monoisotopic (exact) mass is 525 g/mol. The van der Waals surface area contributed by atoms with E-state index in [9.17, 15) is 14.7 Å². The second-order valence-corrected chi connectivity index (χ2v) is 10.3. The Hall–Kier alpha value is -4.33. The van der Waals surface area contributed by atoms with E-state index in [0.29, 0.717) is 41.7 Å². The van der Waals surface area contributed by atoms with E-state index >= 15 is 0 Å². The molecule has 2 heterocycles. The van der Waals surface area contributed by atoms with Crippen molar-refractivity contribution in [2.24, 2.45) is 0 Å². The number of imidazole rings is 1. The first-order chi connectivity index (χ1) is 19.0. The molecule has 8 nitrogen and oxygen atoms in total. The fourth-order valence-electron chi connectivity index (χ4n) is 5.97.